The Bertz CT molecular complexity index is 821. The fraction of sp³-hybridized carbons (Fsp3) is 0.278. The zero-order valence-electron chi connectivity index (χ0n) is 13.7. The lowest BCUT2D eigenvalue weighted by molar-refractivity contribution is 0.0615. The number of piperazine rings is 1. The Hall–Kier alpha value is -2.93. The number of amides is 1. The van der Waals surface area contributed by atoms with Crippen molar-refractivity contribution in [3.8, 4) is 11.6 Å². The third kappa shape index (κ3) is 3.46. The van der Waals surface area contributed by atoms with E-state index in [-0.39, 0.29) is 5.91 Å². The van der Waals surface area contributed by atoms with Crippen molar-refractivity contribution in [1.82, 2.24) is 19.9 Å². The predicted octanol–water partition coefficient (Wildman–Crippen LogP) is 2.29. The van der Waals surface area contributed by atoms with Crippen molar-refractivity contribution in [3.63, 3.8) is 0 Å². The highest BCUT2D eigenvalue weighted by Crippen LogP contribution is 2.17. The van der Waals surface area contributed by atoms with Crippen molar-refractivity contribution in [2.45, 2.75) is 6.54 Å². The van der Waals surface area contributed by atoms with Gasteiger partial charge in [-0.15, -0.1) is 0 Å². The van der Waals surface area contributed by atoms with Gasteiger partial charge in [0, 0.05) is 31.7 Å². The van der Waals surface area contributed by atoms with E-state index in [2.05, 4.69) is 15.0 Å². The number of nitrogens with zero attached hydrogens (tertiary/aromatic N) is 4. The van der Waals surface area contributed by atoms with Crippen molar-refractivity contribution in [2.75, 3.05) is 26.2 Å². The maximum absolute atomic E-state index is 12.5. The molecule has 0 atom stereocenters. The smallest absolute Gasteiger partial charge is 0.253 e. The van der Waals surface area contributed by atoms with Gasteiger partial charge in [0.05, 0.1) is 12.8 Å². The first-order valence-corrected chi connectivity index (χ1v) is 8.23. The molecule has 0 unspecified atom stereocenters. The van der Waals surface area contributed by atoms with Crippen LogP contribution in [0.4, 0.5) is 0 Å². The molecule has 0 spiro atoms. The molecular weight excluding hydrogens is 320 g/mol. The van der Waals surface area contributed by atoms with Crippen molar-refractivity contribution in [1.29, 1.82) is 0 Å². The predicted molar refractivity (Wildman–Crippen MR) is 89.6 cm³/mol. The minimum atomic E-state index is 0.0816. The first-order chi connectivity index (χ1) is 12.3. The molecule has 1 aliphatic heterocycles. The molecule has 7 nitrogen and oxygen atoms in total. The Morgan fingerprint density at radius 2 is 1.84 bits per heavy atom. The lowest BCUT2D eigenvalue weighted by atomic mass is 10.2. The van der Waals surface area contributed by atoms with Crippen LogP contribution in [-0.2, 0) is 6.54 Å². The first kappa shape index (κ1) is 15.6. The summed E-state index contributed by atoms with van der Waals surface area (Å²) < 4.78 is 10.6. The highest BCUT2D eigenvalue weighted by atomic mass is 16.5. The molecule has 4 rings (SSSR count). The summed E-state index contributed by atoms with van der Waals surface area (Å²) in [5, 5.41) is 3.94. The number of furan rings is 1. The van der Waals surface area contributed by atoms with Gasteiger partial charge in [0.25, 0.3) is 5.91 Å². The van der Waals surface area contributed by atoms with Gasteiger partial charge in [-0.05, 0) is 24.3 Å². The average molecular weight is 338 g/mol. The van der Waals surface area contributed by atoms with Crippen LogP contribution in [0.2, 0.25) is 0 Å². The molecule has 7 heteroatoms. The summed E-state index contributed by atoms with van der Waals surface area (Å²) in [5.41, 5.74) is 0.732. The van der Waals surface area contributed by atoms with Crippen molar-refractivity contribution in [2.24, 2.45) is 0 Å². The maximum Gasteiger partial charge on any atom is 0.253 e. The average Bonchev–Trinajstić information content (AvgIpc) is 3.34. The third-order valence-corrected chi connectivity index (χ3v) is 4.25. The summed E-state index contributed by atoms with van der Waals surface area (Å²) in [4.78, 5) is 20.9. The summed E-state index contributed by atoms with van der Waals surface area (Å²) in [6.45, 7) is 3.50. The second-order valence-electron chi connectivity index (χ2n) is 5.92. The molecule has 1 aromatic carbocycles. The fourth-order valence-electron chi connectivity index (χ4n) is 2.89. The van der Waals surface area contributed by atoms with Crippen LogP contribution in [0.5, 0.6) is 0 Å². The summed E-state index contributed by atoms with van der Waals surface area (Å²) >= 11 is 0. The normalized spacial score (nSPS) is 15.4. The summed E-state index contributed by atoms with van der Waals surface area (Å²) in [6.07, 6.45) is 1.58. The van der Waals surface area contributed by atoms with Gasteiger partial charge in [-0.2, -0.15) is 4.98 Å². The zero-order chi connectivity index (χ0) is 17.1. The summed E-state index contributed by atoms with van der Waals surface area (Å²) in [7, 11) is 0. The Morgan fingerprint density at radius 3 is 2.56 bits per heavy atom. The highest BCUT2D eigenvalue weighted by Gasteiger charge is 2.23. The van der Waals surface area contributed by atoms with Gasteiger partial charge >= 0.3 is 0 Å². The lowest BCUT2D eigenvalue weighted by Crippen LogP contribution is -2.48. The molecule has 0 radical (unpaired) electrons. The van der Waals surface area contributed by atoms with Crippen molar-refractivity contribution in [3.05, 3.63) is 60.2 Å². The zero-order valence-corrected chi connectivity index (χ0v) is 13.7. The Morgan fingerprint density at radius 1 is 1.04 bits per heavy atom. The van der Waals surface area contributed by atoms with Crippen LogP contribution in [0, 0.1) is 0 Å². The van der Waals surface area contributed by atoms with E-state index in [0.717, 1.165) is 18.7 Å². The number of carbonyl (C=O) groups excluding carboxylic acids is 1. The van der Waals surface area contributed by atoms with Crippen LogP contribution in [0.15, 0.2) is 57.7 Å². The van der Waals surface area contributed by atoms with Gasteiger partial charge in [-0.1, -0.05) is 23.4 Å². The molecule has 25 heavy (non-hydrogen) atoms. The molecule has 1 fully saturated rings. The molecule has 2 aromatic heterocycles. The number of rotatable bonds is 4. The standard InChI is InChI=1S/C18H18N4O3/c23-18(14-5-2-1-3-6-14)22-10-8-21(9-11-22)13-16-19-17(20-25-16)15-7-4-12-24-15/h1-7,12H,8-11,13H2. The molecule has 1 saturated heterocycles. The fourth-order valence-corrected chi connectivity index (χ4v) is 2.89. The van der Waals surface area contributed by atoms with E-state index < -0.39 is 0 Å². The van der Waals surface area contributed by atoms with E-state index in [1.165, 1.54) is 0 Å². The van der Waals surface area contributed by atoms with Gasteiger partial charge in [-0.25, -0.2) is 0 Å². The Balaban J connectivity index is 1.33. The summed E-state index contributed by atoms with van der Waals surface area (Å²) in [5.74, 6) is 1.68. The molecule has 0 saturated carbocycles. The van der Waals surface area contributed by atoms with Gasteiger partial charge in [-0.3, -0.25) is 9.69 Å². The second-order valence-corrected chi connectivity index (χ2v) is 5.92. The molecule has 0 aliphatic carbocycles. The van der Waals surface area contributed by atoms with Crippen LogP contribution < -0.4 is 0 Å². The minimum Gasteiger partial charge on any atom is -0.461 e. The van der Waals surface area contributed by atoms with E-state index in [1.54, 1.807) is 18.4 Å². The SMILES string of the molecule is O=C(c1ccccc1)N1CCN(Cc2nc(-c3ccco3)no2)CC1. The maximum atomic E-state index is 12.5. The monoisotopic (exact) mass is 338 g/mol. The van der Waals surface area contributed by atoms with E-state index in [9.17, 15) is 4.79 Å². The second kappa shape index (κ2) is 6.90. The van der Waals surface area contributed by atoms with E-state index >= 15 is 0 Å². The molecule has 3 aromatic rings. The van der Waals surface area contributed by atoms with Gasteiger partial charge in [0.15, 0.2) is 5.76 Å². The Kier molecular flexibility index (Phi) is 4.30. The van der Waals surface area contributed by atoms with Crippen LogP contribution in [0.25, 0.3) is 11.6 Å². The van der Waals surface area contributed by atoms with E-state index in [0.29, 0.717) is 37.1 Å². The van der Waals surface area contributed by atoms with Crippen LogP contribution >= 0.6 is 0 Å². The van der Waals surface area contributed by atoms with E-state index in [1.807, 2.05) is 35.2 Å². The van der Waals surface area contributed by atoms with Crippen LogP contribution in [0.1, 0.15) is 16.2 Å². The Labute approximate surface area is 144 Å². The largest absolute Gasteiger partial charge is 0.461 e. The molecular formula is C18H18N4O3. The number of hydrogen-bond acceptors (Lipinski definition) is 6. The number of carbonyl (C=O) groups is 1. The quantitative estimate of drug-likeness (QED) is 0.726. The summed E-state index contributed by atoms with van der Waals surface area (Å²) in [6, 6.07) is 13.0. The van der Waals surface area contributed by atoms with Crippen LogP contribution in [-0.4, -0.2) is 52.0 Å². The van der Waals surface area contributed by atoms with Gasteiger partial charge in [0.2, 0.25) is 11.7 Å². The van der Waals surface area contributed by atoms with Crippen LogP contribution in [0.3, 0.4) is 0 Å². The number of hydrogen-bond donors (Lipinski definition) is 0. The molecule has 1 amide bonds. The van der Waals surface area contributed by atoms with Gasteiger partial charge in [0.1, 0.15) is 0 Å². The van der Waals surface area contributed by atoms with Gasteiger partial charge < -0.3 is 13.8 Å². The molecule has 0 N–H and O–H groups in total. The minimum absolute atomic E-state index is 0.0816. The molecule has 1 aliphatic rings. The molecule has 128 valence electrons. The number of aromatic nitrogens is 2. The lowest BCUT2D eigenvalue weighted by Gasteiger charge is -2.34. The van der Waals surface area contributed by atoms with Crippen molar-refractivity contribution >= 4 is 5.91 Å². The molecule has 3 heterocycles. The van der Waals surface area contributed by atoms with Crippen molar-refractivity contribution < 1.29 is 13.7 Å². The first-order valence-electron chi connectivity index (χ1n) is 8.23. The topological polar surface area (TPSA) is 75.6 Å². The highest BCUT2D eigenvalue weighted by molar-refractivity contribution is 5.94. The number of benzene rings is 1. The molecule has 0 bridgehead atoms. The van der Waals surface area contributed by atoms with E-state index in [4.69, 9.17) is 8.94 Å². The third-order valence-electron chi connectivity index (χ3n) is 4.25.